The molecule has 1 saturated heterocycles. The summed E-state index contributed by atoms with van der Waals surface area (Å²) in [4.78, 5) is 6.53. The van der Waals surface area contributed by atoms with Gasteiger partial charge >= 0.3 is 0 Å². The van der Waals surface area contributed by atoms with Crippen molar-refractivity contribution in [1.82, 2.24) is 4.98 Å². The first-order valence-corrected chi connectivity index (χ1v) is 7.71. The minimum atomic E-state index is -0.302. The van der Waals surface area contributed by atoms with Crippen molar-refractivity contribution in [3.05, 3.63) is 23.6 Å². The van der Waals surface area contributed by atoms with Crippen LogP contribution in [-0.2, 0) is 5.88 Å². The second-order valence-corrected chi connectivity index (χ2v) is 6.23. The molecule has 4 heteroatoms. The van der Waals surface area contributed by atoms with Gasteiger partial charge in [-0.3, -0.25) is 0 Å². The fraction of sp³-hybridized carbons (Fsp3) is 0.667. The maximum atomic E-state index is 13.2. The Morgan fingerprint density at radius 1 is 1.21 bits per heavy atom. The number of anilines is 1. The number of piperidine rings is 1. The van der Waals surface area contributed by atoms with Gasteiger partial charge in [0.05, 0.1) is 12.1 Å². The normalized spacial score (nSPS) is 22.1. The summed E-state index contributed by atoms with van der Waals surface area (Å²) < 4.78 is 13.2. The van der Waals surface area contributed by atoms with Gasteiger partial charge in [-0.15, -0.1) is 11.6 Å². The minimum absolute atomic E-state index is 0.302. The third-order valence-electron chi connectivity index (χ3n) is 4.84. The molecule has 2 nitrogen and oxygen atoms in total. The van der Waals surface area contributed by atoms with Crippen molar-refractivity contribution in [2.75, 3.05) is 18.0 Å². The molecule has 1 aliphatic heterocycles. The van der Waals surface area contributed by atoms with Gasteiger partial charge in [-0.25, -0.2) is 9.37 Å². The summed E-state index contributed by atoms with van der Waals surface area (Å²) in [6.45, 7) is 2.06. The molecule has 0 unspecified atom stereocenters. The lowest BCUT2D eigenvalue weighted by Crippen LogP contribution is -2.39. The maximum Gasteiger partial charge on any atom is 0.141 e. The van der Waals surface area contributed by atoms with Crippen LogP contribution in [0.25, 0.3) is 0 Å². The van der Waals surface area contributed by atoms with Crippen LogP contribution in [0.4, 0.5) is 10.2 Å². The summed E-state index contributed by atoms with van der Waals surface area (Å²) in [6, 6.07) is 1.51. The highest BCUT2D eigenvalue weighted by atomic mass is 35.5. The van der Waals surface area contributed by atoms with Crippen LogP contribution in [0.1, 0.15) is 44.1 Å². The van der Waals surface area contributed by atoms with Crippen molar-refractivity contribution in [2.45, 2.75) is 44.4 Å². The Kier molecular flexibility index (Phi) is 3.66. The van der Waals surface area contributed by atoms with Crippen LogP contribution in [0.15, 0.2) is 12.3 Å². The first-order valence-electron chi connectivity index (χ1n) is 7.18. The summed E-state index contributed by atoms with van der Waals surface area (Å²) in [7, 11) is 0. The SMILES string of the molecule is Fc1cnc(N2CCC3(CCCC3)CC2)c(CCl)c1. The molecule has 0 atom stereocenters. The number of pyridine rings is 1. The molecule has 104 valence electrons. The molecule has 1 aromatic rings. The number of rotatable bonds is 2. The zero-order chi connectivity index (χ0) is 13.3. The van der Waals surface area contributed by atoms with Gasteiger partial charge < -0.3 is 4.90 Å². The highest BCUT2D eigenvalue weighted by Crippen LogP contribution is 2.46. The molecule has 1 aliphatic carbocycles. The summed E-state index contributed by atoms with van der Waals surface area (Å²) in [5.74, 6) is 0.898. The smallest absolute Gasteiger partial charge is 0.141 e. The Morgan fingerprint density at radius 3 is 2.53 bits per heavy atom. The molecule has 1 spiro atoms. The maximum absolute atomic E-state index is 13.2. The van der Waals surface area contributed by atoms with Crippen LogP contribution in [0.5, 0.6) is 0 Å². The first kappa shape index (κ1) is 13.2. The zero-order valence-corrected chi connectivity index (χ0v) is 11.9. The Labute approximate surface area is 119 Å². The summed E-state index contributed by atoms with van der Waals surface area (Å²) in [6.07, 6.45) is 9.34. The van der Waals surface area contributed by atoms with Gasteiger partial charge in [0.25, 0.3) is 0 Å². The van der Waals surface area contributed by atoms with E-state index < -0.39 is 0 Å². The molecule has 1 saturated carbocycles. The molecule has 2 heterocycles. The minimum Gasteiger partial charge on any atom is -0.356 e. The van der Waals surface area contributed by atoms with E-state index in [2.05, 4.69) is 9.88 Å². The Balaban J connectivity index is 1.74. The van der Waals surface area contributed by atoms with Crippen molar-refractivity contribution in [3.8, 4) is 0 Å². The fourth-order valence-corrected chi connectivity index (χ4v) is 3.87. The summed E-state index contributed by atoms with van der Waals surface area (Å²) in [5.41, 5.74) is 1.40. The van der Waals surface area contributed by atoms with Gasteiger partial charge in [0.1, 0.15) is 11.6 Å². The Hall–Kier alpha value is -0.830. The zero-order valence-electron chi connectivity index (χ0n) is 11.2. The molecule has 2 fully saturated rings. The van der Waals surface area contributed by atoms with Crippen LogP contribution < -0.4 is 4.90 Å². The lowest BCUT2D eigenvalue weighted by Gasteiger charge is -2.40. The van der Waals surface area contributed by atoms with Crippen molar-refractivity contribution in [2.24, 2.45) is 5.41 Å². The fourth-order valence-electron chi connectivity index (χ4n) is 3.67. The molecular weight excluding hydrogens is 263 g/mol. The third kappa shape index (κ3) is 2.58. The van der Waals surface area contributed by atoms with Crippen molar-refractivity contribution in [1.29, 1.82) is 0 Å². The van der Waals surface area contributed by atoms with Crippen LogP contribution in [0, 0.1) is 11.2 Å². The van der Waals surface area contributed by atoms with E-state index in [9.17, 15) is 4.39 Å². The van der Waals surface area contributed by atoms with Crippen molar-refractivity contribution in [3.63, 3.8) is 0 Å². The van der Waals surface area contributed by atoms with Crippen LogP contribution in [-0.4, -0.2) is 18.1 Å². The average molecular weight is 283 g/mol. The van der Waals surface area contributed by atoms with Crippen molar-refractivity contribution < 1.29 is 4.39 Å². The van der Waals surface area contributed by atoms with E-state index in [1.807, 2.05) is 0 Å². The molecule has 0 aromatic carbocycles. The van der Waals surface area contributed by atoms with E-state index >= 15 is 0 Å². The predicted octanol–water partition coefficient (Wildman–Crippen LogP) is 4.12. The predicted molar refractivity (Wildman–Crippen MR) is 76.1 cm³/mol. The van der Waals surface area contributed by atoms with E-state index in [4.69, 9.17) is 11.6 Å². The van der Waals surface area contributed by atoms with E-state index in [-0.39, 0.29) is 5.82 Å². The number of alkyl halides is 1. The number of aromatic nitrogens is 1. The summed E-state index contributed by atoms with van der Waals surface area (Å²) >= 11 is 5.91. The van der Waals surface area contributed by atoms with E-state index in [0.29, 0.717) is 11.3 Å². The molecular formula is C15H20ClFN2. The molecule has 1 aromatic heterocycles. The van der Waals surface area contributed by atoms with Gasteiger partial charge in [-0.05, 0) is 37.2 Å². The Bertz CT molecular complexity index is 447. The molecule has 3 rings (SSSR count). The third-order valence-corrected chi connectivity index (χ3v) is 5.13. The average Bonchev–Trinajstić information content (AvgIpc) is 2.88. The summed E-state index contributed by atoms with van der Waals surface area (Å²) in [5, 5.41) is 0. The monoisotopic (exact) mass is 282 g/mol. The molecule has 0 bridgehead atoms. The molecule has 19 heavy (non-hydrogen) atoms. The van der Waals surface area contributed by atoms with Gasteiger partial charge in [0.2, 0.25) is 0 Å². The second-order valence-electron chi connectivity index (χ2n) is 5.96. The molecule has 0 radical (unpaired) electrons. The van der Waals surface area contributed by atoms with Crippen molar-refractivity contribution >= 4 is 17.4 Å². The number of nitrogens with zero attached hydrogens (tertiary/aromatic N) is 2. The number of hydrogen-bond acceptors (Lipinski definition) is 2. The lowest BCUT2D eigenvalue weighted by molar-refractivity contribution is 0.226. The van der Waals surface area contributed by atoms with E-state index in [1.165, 1.54) is 50.8 Å². The van der Waals surface area contributed by atoms with Gasteiger partial charge in [0.15, 0.2) is 0 Å². The number of halogens is 2. The van der Waals surface area contributed by atoms with Crippen LogP contribution >= 0.6 is 11.6 Å². The van der Waals surface area contributed by atoms with E-state index in [1.54, 1.807) is 0 Å². The van der Waals surface area contributed by atoms with Gasteiger partial charge in [-0.1, -0.05) is 12.8 Å². The number of hydrogen-bond donors (Lipinski definition) is 0. The quantitative estimate of drug-likeness (QED) is 0.759. The molecule has 0 amide bonds. The topological polar surface area (TPSA) is 16.1 Å². The van der Waals surface area contributed by atoms with Crippen LogP contribution in [0.3, 0.4) is 0 Å². The standard InChI is InChI=1S/C15H20ClFN2/c16-10-12-9-13(17)11-18-14(12)19-7-5-15(6-8-19)3-1-2-4-15/h9,11H,1-8,10H2. The molecule has 0 N–H and O–H groups in total. The second kappa shape index (κ2) is 5.28. The van der Waals surface area contributed by atoms with Crippen LogP contribution in [0.2, 0.25) is 0 Å². The lowest BCUT2D eigenvalue weighted by atomic mass is 9.77. The Morgan fingerprint density at radius 2 is 1.89 bits per heavy atom. The van der Waals surface area contributed by atoms with Gasteiger partial charge in [0, 0.05) is 18.7 Å². The highest BCUT2D eigenvalue weighted by Gasteiger charge is 2.37. The van der Waals surface area contributed by atoms with Gasteiger partial charge in [-0.2, -0.15) is 0 Å². The highest BCUT2D eigenvalue weighted by molar-refractivity contribution is 6.17. The van der Waals surface area contributed by atoms with E-state index in [0.717, 1.165) is 24.5 Å². The first-order chi connectivity index (χ1) is 9.22. The molecule has 2 aliphatic rings. The largest absolute Gasteiger partial charge is 0.356 e.